The Morgan fingerprint density at radius 3 is 2.84 bits per heavy atom. The standard InChI is InChI=1S/C21H20ClFN4O3S/c1-11-8-17(25-19(28)15-6-5-14(23)9-16(15)22)31-18(11)21(29)27-7-3-4-13(10-27)20-24-12(2)26-30-20/h5-6,8-9,13H,3-4,7,10H2,1-2H3,(H,25,28). The molecule has 2 aromatic heterocycles. The maximum Gasteiger partial charge on any atom is 0.264 e. The molecule has 1 aliphatic heterocycles. The van der Waals surface area contributed by atoms with Gasteiger partial charge >= 0.3 is 0 Å². The summed E-state index contributed by atoms with van der Waals surface area (Å²) in [6, 6.07) is 5.33. The number of benzene rings is 1. The molecule has 1 saturated heterocycles. The van der Waals surface area contributed by atoms with Crippen LogP contribution in [0.2, 0.25) is 5.02 Å². The Hall–Kier alpha value is -2.78. The van der Waals surface area contributed by atoms with Crippen molar-refractivity contribution in [1.82, 2.24) is 15.0 Å². The minimum Gasteiger partial charge on any atom is -0.339 e. The van der Waals surface area contributed by atoms with Crippen LogP contribution < -0.4 is 5.32 Å². The van der Waals surface area contributed by atoms with Gasteiger partial charge in [0.15, 0.2) is 5.82 Å². The number of carbonyl (C=O) groups excluding carboxylic acids is 2. The molecule has 0 spiro atoms. The Balaban J connectivity index is 1.47. The van der Waals surface area contributed by atoms with Gasteiger partial charge in [0.1, 0.15) is 5.82 Å². The molecule has 1 aromatic carbocycles. The topological polar surface area (TPSA) is 88.3 Å². The normalized spacial score (nSPS) is 16.4. The van der Waals surface area contributed by atoms with Crippen LogP contribution in [0.4, 0.5) is 9.39 Å². The number of carbonyl (C=O) groups is 2. The number of nitrogens with one attached hydrogen (secondary N) is 1. The van der Waals surface area contributed by atoms with Crippen molar-refractivity contribution >= 4 is 39.8 Å². The minimum absolute atomic E-state index is 0.0129. The molecule has 0 radical (unpaired) electrons. The predicted molar refractivity (Wildman–Crippen MR) is 115 cm³/mol. The lowest BCUT2D eigenvalue weighted by Gasteiger charge is -2.30. The summed E-state index contributed by atoms with van der Waals surface area (Å²) in [5, 5.41) is 7.13. The molecule has 1 N–H and O–H groups in total. The van der Waals surface area contributed by atoms with Gasteiger partial charge in [-0.1, -0.05) is 16.8 Å². The van der Waals surface area contributed by atoms with Crippen LogP contribution in [0.25, 0.3) is 0 Å². The van der Waals surface area contributed by atoms with E-state index in [1.54, 1.807) is 17.9 Å². The first kappa shape index (κ1) is 21.5. The number of thiophene rings is 1. The number of likely N-dealkylation sites (tertiary alicyclic amines) is 1. The van der Waals surface area contributed by atoms with E-state index in [0.29, 0.717) is 34.7 Å². The largest absolute Gasteiger partial charge is 0.339 e. The third kappa shape index (κ3) is 4.62. The number of hydrogen-bond donors (Lipinski definition) is 1. The molecular formula is C21H20ClFN4O3S. The van der Waals surface area contributed by atoms with Crippen molar-refractivity contribution in [2.24, 2.45) is 0 Å². The first-order chi connectivity index (χ1) is 14.8. The first-order valence-corrected chi connectivity index (χ1v) is 11.0. The molecule has 162 valence electrons. The second-order valence-corrected chi connectivity index (χ2v) is 8.93. The minimum atomic E-state index is -0.517. The monoisotopic (exact) mass is 462 g/mol. The van der Waals surface area contributed by atoms with Gasteiger partial charge in [-0.3, -0.25) is 9.59 Å². The summed E-state index contributed by atoms with van der Waals surface area (Å²) in [7, 11) is 0. The highest BCUT2D eigenvalue weighted by atomic mass is 35.5. The van der Waals surface area contributed by atoms with E-state index in [2.05, 4.69) is 15.5 Å². The Kier molecular flexibility index (Phi) is 6.06. The average molecular weight is 463 g/mol. The molecule has 0 bridgehead atoms. The van der Waals surface area contributed by atoms with Gasteiger partial charge in [0.25, 0.3) is 11.8 Å². The SMILES string of the molecule is Cc1noc(C2CCCN(C(=O)c3sc(NC(=O)c4ccc(F)cc4Cl)cc3C)C2)n1. The zero-order valence-corrected chi connectivity index (χ0v) is 18.5. The van der Waals surface area contributed by atoms with Crippen molar-refractivity contribution in [3.63, 3.8) is 0 Å². The van der Waals surface area contributed by atoms with Gasteiger partial charge in [-0.2, -0.15) is 4.98 Å². The number of piperidine rings is 1. The molecule has 3 aromatic rings. The summed E-state index contributed by atoms with van der Waals surface area (Å²) >= 11 is 7.17. The smallest absolute Gasteiger partial charge is 0.264 e. The molecule has 0 saturated carbocycles. The highest BCUT2D eigenvalue weighted by Crippen LogP contribution is 2.32. The lowest BCUT2D eigenvalue weighted by Crippen LogP contribution is -2.39. The fourth-order valence-corrected chi connectivity index (χ4v) is 4.88. The van der Waals surface area contributed by atoms with Crippen molar-refractivity contribution < 1.29 is 18.5 Å². The summed E-state index contributed by atoms with van der Waals surface area (Å²) in [6.07, 6.45) is 1.73. The fraction of sp³-hybridized carbons (Fsp3) is 0.333. The van der Waals surface area contributed by atoms with Gasteiger partial charge in [-0.15, -0.1) is 11.3 Å². The van der Waals surface area contributed by atoms with Gasteiger partial charge in [0.05, 0.1) is 26.4 Å². The van der Waals surface area contributed by atoms with Crippen LogP contribution in [-0.2, 0) is 0 Å². The van der Waals surface area contributed by atoms with E-state index in [4.69, 9.17) is 16.1 Å². The molecule has 7 nitrogen and oxygen atoms in total. The van der Waals surface area contributed by atoms with Crippen LogP contribution in [-0.4, -0.2) is 39.9 Å². The first-order valence-electron chi connectivity index (χ1n) is 9.78. The number of hydrogen-bond acceptors (Lipinski definition) is 6. The van der Waals surface area contributed by atoms with Crippen molar-refractivity contribution in [3.05, 3.63) is 62.8 Å². The van der Waals surface area contributed by atoms with Crippen LogP contribution in [0.5, 0.6) is 0 Å². The molecule has 1 aliphatic rings. The zero-order valence-electron chi connectivity index (χ0n) is 16.9. The molecule has 1 fully saturated rings. The summed E-state index contributed by atoms with van der Waals surface area (Å²) in [5.41, 5.74) is 0.932. The number of rotatable bonds is 4. The molecule has 2 amide bonds. The Labute approximate surface area is 187 Å². The molecule has 3 heterocycles. The van der Waals surface area contributed by atoms with E-state index < -0.39 is 11.7 Å². The van der Waals surface area contributed by atoms with Crippen molar-refractivity contribution in [1.29, 1.82) is 0 Å². The second kappa shape index (κ2) is 8.76. The summed E-state index contributed by atoms with van der Waals surface area (Å²) < 4.78 is 18.5. The van der Waals surface area contributed by atoms with Crippen LogP contribution in [0.1, 0.15) is 56.1 Å². The van der Waals surface area contributed by atoms with E-state index in [9.17, 15) is 14.0 Å². The number of aromatic nitrogens is 2. The quantitative estimate of drug-likeness (QED) is 0.601. The van der Waals surface area contributed by atoms with Gasteiger partial charge in [0, 0.05) is 13.1 Å². The van der Waals surface area contributed by atoms with Gasteiger partial charge in [0.2, 0.25) is 5.89 Å². The predicted octanol–water partition coefficient (Wildman–Crippen LogP) is 4.81. The van der Waals surface area contributed by atoms with E-state index in [-0.39, 0.29) is 22.4 Å². The molecule has 4 rings (SSSR count). The second-order valence-electron chi connectivity index (χ2n) is 7.47. The van der Waals surface area contributed by atoms with Crippen molar-refractivity contribution in [3.8, 4) is 0 Å². The Bertz CT molecular complexity index is 1150. The molecule has 10 heteroatoms. The summed E-state index contributed by atoms with van der Waals surface area (Å²) in [6.45, 7) is 4.74. The fourth-order valence-electron chi connectivity index (χ4n) is 3.59. The third-order valence-electron chi connectivity index (χ3n) is 5.13. The lowest BCUT2D eigenvalue weighted by atomic mass is 9.97. The van der Waals surface area contributed by atoms with Crippen LogP contribution in [0.15, 0.2) is 28.8 Å². The molecule has 31 heavy (non-hydrogen) atoms. The zero-order chi connectivity index (χ0) is 22.1. The highest BCUT2D eigenvalue weighted by molar-refractivity contribution is 7.18. The molecule has 1 atom stereocenters. The Morgan fingerprint density at radius 2 is 2.13 bits per heavy atom. The number of nitrogens with zero attached hydrogens (tertiary/aromatic N) is 3. The number of aryl methyl sites for hydroxylation is 2. The van der Waals surface area contributed by atoms with Crippen LogP contribution >= 0.6 is 22.9 Å². The highest BCUT2D eigenvalue weighted by Gasteiger charge is 2.30. The summed E-state index contributed by atoms with van der Waals surface area (Å²) in [5.74, 6) is 0.0749. The third-order valence-corrected chi connectivity index (χ3v) is 6.58. The molecule has 0 aliphatic carbocycles. The number of anilines is 1. The molecule has 1 unspecified atom stereocenters. The van der Waals surface area contributed by atoms with Crippen molar-refractivity contribution in [2.75, 3.05) is 18.4 Å². The van der Waals surface area contributed by atoms with E-state index in [1.807, 2.05) is 6.92 Å². The van der Waals surface area contributed by atoms with Gasteiger partial charge in [-0.25, -0.2) is 4.39 Å². The number of halogens is 2. The van der Waals surface area contributed by atoms with E-state index in [0.717, 1.165) is 24.5 Å². The van der Waals surface area contributed by atoms with Crippen LogP contribution in [0.3, 0.4) is 0 Å². The van der Waals surface area contributed by atoms with E-state index >= 15 is 0 Å². The maximum atomic E-state index is 13.2. The summed E-state index contributed by atoms with van der Waals surface area (Å²) in [4.78, 5) is 32.3. The number of amides is 2. The van der Waals surface area contributed by atoms with Gasteiger partial charge < -0.3 is 14.7 Å². The maximum absolute atomic E-state index is 13.2. The van der Waals surface area contributed by atoms with Crippen molar-refractivity contribution in [2.45, 2.75) is 32.6 Å². The molecular weight excluding hydrogens is 443 g/mol. The van der Waals surface area contributed by atoms with Gasteiger partial charge in [-0.05, 0) is 56.5 Å². The Morgan fingerprint density at radius 1 is 1.32 bits per heavy atom. The average Bonchev–Trinajstić information content (AvgIpc) is 3.32. The van der Waals surface area contributed by atoms with Crippen LogP contribution in [0, 0.1) is 19.7 Å². The van der Waals surface area contributed by atoms with E-state index in [1.165, 1.54) is 23.5 Å². The lowest BCUT2D eigenvalue weighted by molar-refractivity contribution is 0.0699.